The summed E-state index contributed by atoms with van der Waals surface area (Å²) in [7, 11) is 1.95. The van der Waals surface area contributed by atoms with E-state index < -0.39 is 0 Å². The van der Waals surface area contributed by atoms with Gasteiger partial charge in [0.2, 0.25) is 0 Å². The fourth-order valence-electron chi connectivity index (χ4n) is 2.73. The van der Waals surface area contributed by atoms with Crippen molar-refractivity contribution in [3.8, 4) is 0 Å². The van der Waals surface area contributed by atoms with Crippen LogP contribution in [0, 0.1) is 5.92 Å². The first-order chi connectivity index (χ1) is 9.61. The van der Waals surface area contributed by atoms with Gasteiger partial charge in [-0.2, -0.15) is 0 Å². The summed E-state index contributed by atoms with van der Waals surface area (Å²) in [4.78, 5) is 25.6. The van der Waals surface area contributed by atoms with E-state index in [1.54, 1.807) is 24.3 Å². The van der Waals surface area contributed by atoms with Crippen molar-refractivity contribution in [2.75, 3.05) is 26.7 Å². The first-order valence-electron chi connectivity index (χ1n) is 7.16. The Hall–Kier alpha value is -1.39. The molecule has 1 aliphatic heterocycles. The predicted molar refractivity (Wildman–Crippen MR) is 86.2 cm³/mol. The summed E-state index contributed by atoms with van der Waals surface area (Å²) in [6.07, 6.45) is 2.23. The molecule has 0 aromatic heterocycles. The van der Waals surface area contributed by atoms with E-state index in [0.29, 0.717) is 17.0 Å². The number of hydrogen-bond acceptors (Lipinski definition) is 3. The number of likely N-dealkylation sites (tertiary alicyclic amines) is 1. The van der Waals surface area contributed by atoms with Gasteiger partial charge >= 0.3 is 0 Å². The second kappa shape index (κ2) is 8.15. The zero-order chi connectivity index (χ0) is 14.5. The van der Waals surface area contributed by atoms with Crippen molar-refractivity contribution in [2.24, 2.45) is 5.92 Å². The van der Waals surface area contributed by atoms with E-state index in [9.17, 15) is 9.59 Å². The molecule has 1 saturated heterocycles. The molecule has 4 nitrogen and oxygen atoms in total. The van der Waals surface area contributed by atoms with Gasteiger partial charge < -0.3 is 10.2 Å². The van der Waals surface area contributed by atoms with Crippen LogP contribution in [0.3, 0.4) is 0 Å². The number of nitrogens with one attached hydrogen (secondary N) is 1. The molecule has 116 valence electrons. The van der Waals surface area contributed by atoms with Crippen LogP contribution < -0.4 is 5.32 Å². The fraction of sp³-hybridized carbons (Fsp3) is 0.500. The van der Waals surface area contributed by atoms with Gasteiger partial charge in [0, 0.05) is 24.2 Å². The molecular formula is C16H23ClN2O2. The van der Waals surface area contributed by atoms with Crippen LogP contribution in [0.2, 0.25) is 0 Å². The number of benzene rings is 1. The number of nitrogens with zero attached hydrogens (tertiary/aromatic N) is 1. The Morgan fingerprint density at radius 2 is 1.86 bits per heavy atom. The van der Waals surface area contributed by atoms with E-state index in [1.165, 1.54) is 13.3 Å². The highest BCUT2D eigenvalue weighted by molar-refractivity contribution is 5.97. The molecule has 1 aromatic carbocycles. The SMILES string of the molecule is CNCC1CCCN(C(=O)c2ccc(C(C)=O)cc2)C1.Cl. The van der Waals surface area contributed by atoms with Gasteiger partial charge in [-0.15, -0.1) is 12.4 Å². The van der Waals surface area contributed by atoms with E-state index in [4.69, 9.17) is 0 Å². The molecule has 1 unspecified atom stereocenters. The smallest absolute Gasteiger partial charge is 0.253 e. The van der Waals surface area contributed by atoms with Crippen LogP contribution in [0.25, 0.3) is 0 Å². The van der Waals surface area contributed by atoms with Crippen LogP contribution >= 0.6 is 12.4 Å². The van der Waals surface area contributed by atoms with Crippen molar-refractivity contribution < 1.29 is 9.59 Å². The van der Waals surface area contributed by atoms with Crippen molar-refractivity contribution in [1.82, 2.24) is 10.2 Å². The molecule has 0 saturated carbocycles. The van der Waals surface area contributed by atoms with Crippen LogP contribution in [-0.2, 0) is 0 Å². The highest BCUT2D eigenvalue weighted by Crippen LogP contribution is 2.18. The number of amides is 1. The van der Waals surface area contributed by atoms with E-state index in [0.717, 1.165) is 26.1 Å². The van der Waals surface area contributed by atoms with Gasteiger partial charge in [-0.3, -0.25) is 9.59 Å². The van der Waals surface area contributed by atoms with Crippen molar-refractivity contribution in [2.45, 2.75) is 19.8 Å². The van der Waals surface area contributed by atoms with Crippen molar-refractivity contribution >= 4 is 24.1 Å². The molecule has 1 fully saturated rings. The number of ketones is 1. The predicted octanol–water partition coefficient (Wildman–Crippen LogP) is 2.38. The summed E-state index contributed by atoms with van der Waals surface area (Å²) in [5.41, 5.74) is 1.31. The standard InChI is InChI=1S/C16H22N2O2.ClH/c1-12(19)14-5-7-15(8-6-14)16(20)18-9-3-4-13(11-18)10-17-2;/h5-8,13,17H,3-4,9-11H2,1-2H3;1H. The lowest BCUT2D eigenvalue weighted by molar-refractivity contribution is 0.0674. The average molecular weight is 311 g/mol. The van der Waals surface area contributed by atoms with Gasteiger partial charge in [-0.1, -0.05) is 12.1 Å². The van der Waals surface area contributed by atoms with Gasteiger partial charge in [0.1, 0.15) is 0 Å². The molecule has 21 heavy (non-hydrogen) atoms. The van der Waals surface area contributed by atoms with Crippen molar-refractivity contribution in [3.63, 3.8) is 0 Å². The molecule has 0 aliphatic carbocycles. The number of carbonyl (C=O) groups is 2. The number of rotatable bonds is 4. The van der Waals surface area contributed by atoms with Crippen LogP contribution in [0.5, 0.6) is 0 Å². The van der Waals surface area contributed by atoms with Gasteiger partial charge in [0.15, 0.2) is 5.78 Å². The van der Waals surface area contributed by atoms with Gasteiger partial charge in [-0.05, 0) is 51.4 Å². The molecule has 0 radical (unpaired) electrons. The minimum atomic E-state index is 0. The number of piperidine rings is 1. The highest BCUT2D eigenvalue weighted by atomic mass is 35.5. The topological polar surface area (TPSA) is 49.4 Å². The molecule has 1 heterocycles. The minimum absolute atomic E-state index is 0. The van der Waals surface area contributed by atoms with Crippen LogP contribution in [-0.4, -0.2) is 43.3 Å². The number of carbonyl (C=O) groups excluding carboxylic acids is 2. The average Bonchev–Trinajstić information content (AvgIpc) is 2.47. The Morgan fingerprint density at radius 1 is 1.24 bits per heavy atom. The molecular weight excluding hydrogens is 288 g/mol. The zero-order valence-electron chi connectivity index (χ0n) is 12.6. The normalized spacial score (nSPS) is 18.0. The number of hydrogen-bond donors (Lipinski definition) is 1. The Balaban J connectivity index is 0.00000220. The Morgan fingerprint density at radius 3 is 2.43 bits per heavy atom. The molecule has 0 bridgehead atoms. The van der Waals surface area contributed by atoms with Crippen LogP contribution in [0.4, 0.5) is 0 Å². The molecule has 1 aliphatic rings. The van der Waals surface area contributed by atoms with E-state index >= 15 is 0 Å². The molecule has 1 amide bonds. The largest absolute Gasteiger partial charge is 0.338 e. The summed E-state index contributed by atoms with van der Waals surface area (Å²) in [6, 6.07) is 6.96. The number of halogens is 1. The molecule has 5 heteroatoms. The summed E-state index contributed by atoms with van der Waals surface area (Å²) in [5, 5.41) is 3.18. The van der Waals surface area contributed by atoms with Crippen LogP contribution in [0.1, 0.15) is 40.5 Å². The second-order valence-electron chi connectivity index (χ2n) is 5.45. The molecule has 0 spiro atoms. The highest BCUT2D eigenvalue weighted by Gasteiger charge is 2.23. The second-order valence-corrected chi connectivity index (χ2v) is 5.45. The molecule has 1 aromatic rings. The fourth-order valence-corrected chi connectivity index (χ4v) is 2.73. The van der Waals surface area contributed by atoms with Crippen LogP contribution in [0.15, 0.2) is 24.3 Å². The molecule has 1 N–H and O–H groups in total. The summed E-state index contributed by atoms with van der Waals surface area (Å²) >= 11 is 0. The lowest BCUT2D eigenvalue weighted by Crippen LogP contribution is -2.42. The first-order valence-corrected chi connectivity index (χ1v) is 7.16. The lowest BCUT2D eigenvalue weighted by Gasteiger charge is -2.32. The Kier molecular flexibility index (Phi) is 6.85. The van der Waals surface area contributed by atoms with E-state index in [-0.39, 0.29) is 24.1 Å². The summed E-state index contributed by atoms with van der Waals surface area (Å²) in [6.45, 7) is 4.12. The summed E-state index contributed by atoms with van der Waals surface area (Å²) < 4.78 is 0. The van der Waals surface area contributed by atoms with E-state index in [1.807, 2.05) is 11.9 Å². The number of Topliss-reactive ketones (excluding diaryl/α,β-unsaturated/α-hetero) is 1. The monoisotopic (exact) mass is 310 g/mol. The van der Waals surface area contributed by atoms with Crippen molar-refractivity contribution in [3.05, 3.63) is 35.4 Å². The Labute approximate surface area is 132 Å². The maximum Gasteiger partial charge on any atom is 0.253 e. The maximum atomic E-state index is 12.5. The van der Waals surface area contributed by atoms with E-state index in [2.05, 4.69) is 5.32 Å². The lowest BCUT2D eigenvalue weighted by atomic mass is 9.97. The zero-order valence-corrected chi connectivity index (χ0v) is 13.4. The van der Waals surface area contributed by atoms with Gasteiger partial charge in [0.25, 0.3) is 5.91 Å². The summed E-state index contributed by atoms with van der Waals surface area (Å²) in [5.74, 6) is 0.631. The van der Waals surface area contributed by atoms with Gasteiger partial charge in [-0.25, -0.2) is 0 Å². The minimum Gasteiger partial charge on any atom is -0.338 e. The third-order valence-electron chi connectivity index (χ3n) is 3.84. The first kappa shape index (κ1) is 17.7. The van der Waals surface area contributed by atoms with Gasteiger partial charge in [0.05, 0.1) is 0 Å². The maximum absolute atomic E-state index is 12.5. The Bertz CT molecular complexity index is 486. The third kappa shape index (κ3) is 4.55. The molecule has 2 rings (SSSR count). The third-order valence-corrected chi connectivity index (χ3v) is 3.84. The molecule has 1 atom stereocenters. The van der Waals surface area contributed by atoms with Crippen molar-refractivity contribution in [1.29, 1.82) is 0 Å². The quantitative estimate of drug-likeness (QED) is 0.869.